The summed E-state index contributed by atoms with van der Waals surface area (Å²) in [5, 5.41) is 5.30. The van der Waals surface area contributed by atoms with E-state index in [1.54, 1.807) is 18.3 Å². The third-order valence-corrected chi connectivity index (χ3v) is 3.94. The van der Waals surface area contributed by atoms with Gasteiger partial charge in [-0.15, -0.1) is 0 Å². The summed E-state index contributed by atoms with van der Waals surface area (Å²) in [5.74, 6) is -0.177. The molecule has 3 heteroatoms. The number of hydrogen-bond acceptors (Lipinski definition) is 2. The highest BCUT2D eigenvalue weighted by Gasteiger charge is 2.11. The molecular formula is C20H20N2O. The molecule has 1 heterocycles. The molecule has 0 aliphatic rings. The fraction of sp³-hybridized carbons (Fsp3) is 0.200. The third-order valence-electron chi connectivity index (χ3n) is 3.94. The molecule has 116 valence electrons. The van der Waals surface area contributed by atoms with Gasteiger partial charge in [-0.1, -0.05) is 49.7 Å². The lowest BCUT2D eigenvalue weighted by atomic mass is 9.98. The minimum absolute atomic E-state index is 0.177. The Morgan fingerprint density at radius 1 is 1.04 bits per heavy atom. The Morgan fingerprint density at radius 2 is 1.87 bits per heavy atom. The van der Waals surface area contributed by atoms with Gasteiger partial charge in [0.1, 0.15) is 5.69 Å². The number of aromatic nitrogens is 1. The van der Waals surface area contributed by atoms with Crippen molar-refractivity contribution in [3.63, 3.8) is 0 Å². The lowest BCUT2D eigenvalue weighted by Crippen LogP contribution is -2.13. The van der Waals surface area contributed by atoms with Crippen LogP contribution >= 0.6 is 0 Å². The molecule has 0 unspecified atom stereocenters. The van der Waals surface area contributed by atoms with Crippen LogP contribution in [0.5, 0.6) is 0 Å². The average molecular weight is 304 g/mol. The monoisotopic (exact) mass is 304 g/mol. The summed E-state index contributed by atoms with van der Waals surface area (Å²) in [7, 11) is 0. The standard InChI is InChI=1S/C20H20N2O/c1-2-3-8-15-9-6-10-16-11-7-13-17(19(15)16)22-20(23)18-12-4-5-14-21-18/h4-7,9-14H,2-3,8H2,1H3,(H,22,23). The molecule has 23 heavy (non-hydrogen) atoms. The van der Waals surface area contributed by atoms with Crippen LogP contribution in [0.3, 0.4) is 0 Å². The number of fused-ring (bicyclic) bond motifs is 1. The van der Waals surface area contributed by atoms with E-state index in [-0.39, 0.29) is 5.91 Å². The highest BCUT2D eigenvalue weighted by Crippen LogP contribution is 2.28. The van der Waals surface area contributed by atoms with Gasteiger partial charge in [-0.2, -0.15) is 0 Å². The Labute approximate surface area is 136 Å². The molecule has 3 nitrogen and oxygen atoms in total. The summed E-state index contributed by atoms with van der Waals surface area (Å²) in [6, 6.07) is 17.7. The van der Waals surface area contributed by atoms with E-state index in [1.165, 1.54) is 5.56 Å². The van der Waals surface area contributed by atoms with E-state index >= 15 is 0 Å². The van der Waals surface area contributed by atoms with Crippen LogP contribution < -0.4 is 5.32 Å². The third kappa shape index (κ3) is 3.39. The lowest BCUT2D eigenvalue weighted by molar-refractivity contribution is 0.102. The van der Waals surface area contributed by atoms with Crippen LogP contribution in [-0.4, -0.2) is 10.9 Å². The zero-order chi connectivity index (χ0) is 16.1. The van der Waals surface area contributed by atoms with E-state index in [0.717, 1.165) is 35.7 Å². The quantitative estimate of drug-likeness (QED) is 0.733. The molecule has 0 fully saturated rings. The first-order valence-corrected chi connectivity index (χ1v) is 8.02. The van der Waals surface area contributed by atoms with Crippen molar-refractivity contribution in [3.05, 3.63) is 72.1 Å². The Morgan fingerprint density at radius 3 is 2.61 bits per heavy atom. The van der Waals surface area contributed by atoms with Crippen LogP contribution in [-0.2, 0) is 6.42 Å². The molecule has 2 aromatic carbocycles. The number of unbranched alkanes of at least 4 members (excludes halogenated alkanes) is 1. The predicted molar refractivity (Wildman–Crippen MR) is 94.8 cm³/mol. The number of rotatable bonds is 5. The van der Waals surface area contributed by atoms with E-state index in [4.69, 9.17) is 0 Å². The van der Waals surface area contributed by atoms with Crippen LogP contribution in [0.1, 0.15) is 35.8 Å². The van der Waals surface area contributed by atoms with Crippen molar-refractivity contribution in [1.29, 1.82) is 0 Å². The highest BCUT2D eigenvalue weighted by molar-refractivity contribution is 6.09. The molecule has 1 N–H and O–H groups in total. The molecule has 0 aliphatic heterocycles. The minimum Gasteiger partial charge on any atom is -0.320 e. The van der Waals surface area contributed by atoms with Crippen LogP contribution in [0.15, 0.2) is 60.8 Å². The van der Waals surface area contributed by atoms with Crippen molar-refractivity contribution in [2.24, 2.45) is 0 Å². The Bertz CT molecular complexity index is 807. The van der Waals surface area contributed by atoms with E-state index in [9.17, 15) is 4.79 Å². The molecule has 1 amide bonds. The van der Waals surface area contributed by atoms with E-state index in [1.807, 2.05) is 18.2 Å². The smallest absolute Gasteiger partial charge is 0.274 e. The molecule has 0 saturated heterocycles. The number of nitrogens with one attached hydrogen (secondary N) is 1. The zero-order valence-electron chi connectivity index (χ0n) is 13.3. The van der Waals surface area contributed by atoms with Crippen LogP contribution in [0.4, 0.5) is 5.69 Å². The Hall–Kier alpha value is -2.68. The number of carbonyl (C=O) groups excluding carboxylic acids is 1. The van der Waals surface area contributed by atoms with E-state index in [0.29, 0.717) is 5.69 Å². The maximum absolute atomic E-state index is 12.4. The first kappa shape index (κ1) is 15.2. The maximum atomic E-state index is 12.4. The fourth-order valence-electron chi connectivity index (χ4n) is 2.78. The number of carbonyl (C=O) groups is 1. The fourth-order valence-corrected chi connectivity index (χ4v) is 2.78. The molecule has 0 aliphatic carbocycles. The molecule has 0 radical (unpaired) electrons. The molecule has 0 atom stereocenters. The molecule has 0 spiro atoms. The van der Waals surface area contributed by atoms with Gasteiger partial charge < -0.3 is 5.32 Å². The summed E-state index contributed by atoms with van der Waals surface area (Å²) in [4.78, 5) is 16.5. The van der Waals surface area contributed by atoms with Crippen molar-refractivity contribution in [3.8, 4) is 0 Å². The predicted octanol–water partition coefficient (Wildman–Crippen LogP) is 4.83. The van der Waals surface area contributed by atoms with Gasteiger partial charge in [0.15, 0.2) is 0 Å². The first-order chi connectivity index (χ1) is 11.3. The van der Waals surface area contributed by atoms with Crippen LogP contribution in [0.25, 0.3) is 10.8 Å². The number of hydrogen-bond donors (Lipinski definition) is 1. The number of nitrogens with zero attached hydrogens (tertiary/aromatic N) is 1. The second kappa shape index (κ2) is 7.05. The van der Waals surface area contributed by atoms with Gasteiger partial charge in [0.25, 0.3) is 5.91 Å². The lowest BCUT2D eigenvalue weighted by Gasteiger charge is -2.12. The van der Waals surface area contributed by atoms with Crippen molar-refractivity contribution in [1.82, 2.24) is 4.98 Å². The molecule has 3 aromatic rings. The zero-order valence-corrected chi connectivity index (χ0v) is 13.3. The van der Waals surface area contributed by atoms with Crippen molar-refractivity contribution in [2.75, 3.05) is 5.32 Å². The maximum Gasteiger partial charge on any atom is 0.274 e. The van der Waals surface area contributed by atoms with Gasteiger partial charge in [0, 0.05) is 17.3 Å². The normalized spacial score (nSPS) is 10.7. The number of aryl methyl sites for hydroxylation is 1. The SMILES string of the molecule is CCCCc1cccc2cccc(NC(=O)c3ccccn3)c12. The summed E-state index contributed by atoms with van der Waals surface area (Å²) >= 11 is 0. The van der Waals surface area contributed by atoms with E-state index < -0.39 is 0 Å². The van der Waals surface area contributed by atoms with Crippen molar-refractivity contribution < 1.29 is 4.79 Å². The molecule has 0 bridgehead atoms. The van der Waals surface area contributed by atoms with Gasteiger partial charge in [0.05, 0.1) is 0 Å². The Balaban J connectivity index is 1.98. The van der Waals surface area contributed by atoms with E-state index in [2.05, 4.69) is 41.5 Å². The summed E-state index contributed by atoms with van der Waals surface area (Å²) < 4.78 is 0. The van der Waals surface area contributed by atoms with Crippen molar-refractivity contribution in [2.45, 2.75) is 26.2 Å². The van der Waals surface area contributed by atoms with Crippen molar-refractivity contribution >= 4 is 22.4 Å². The van der Waals surface area contributed by atoms with Gasteiger partial charge in [-0.3, -0.25) is 9.78 Å². The molecule has 0 saturated carbocycles. The summed E-state index contributed by atoms with van der Waals surface area (Å²) in [5.41, 5.74) is 2.56. The molecular weight excluding hydrogens is 284 g/mol. The van der Waals surface area contributed by atoms with Crippen LogP contribution in [0, 0.1) is 0 Å². The average Bonchev–Trinajstić information content (AvgIpc) is 2.60. The minimum atomic E-state index is -0.177. The summed E-state index contributed by atoms with van der Waals surface area (Å²) in [6.07, 6.45) is 4.94. The topological polar surface area (TPSA) is 42.0 Å². The molecule has 1 aromatic heterocycles. The number of benzene rings is 2. The second-order valence-corrected chi connectivity index (χ2v) is 5.59. The highest BCUT2D eigenvalue weighted by atomic mass is 16.1. The number of pyridine rings is 1. The van der Waals surface area contributed by atoms with Gasteiger partial charge in [-0.25, -0.2) is 0 Å². The van der Waals surface area contributed by atoms with Gasteiger partial charge in [0.2, 0.25) is 0 Å². The number of anilines is 1. The van der Waals surface area contributed by atoms with Gasteiger partial charge in [-0.05, 0) is 42.0 Å². The van der Waals surface area contributed by atoms with Gasteiger partial charge >= 0.3 is 0 Å². The van der Waals surface area contributed by atoms with Crippen LogP contribution in [0.2, 0.25) is 0 Å². The Kier molecular flexibility index (Phi) is 4.67. The molecule has 3 rings (SSSR count). The first-order valence-electron chi connectivity index (χ1n) is 8.02. The second-order valence-electron chi connectivity index (χ2n) is 5.59. The summed E-state index contributed by atoms with van der Waals surface area (Å²) in [6.45, 7) is 2.19. The number of amides is 1. The largest absolute Gasteiger partial charge is 0.320 e.